The molecule has 0 saturated carbocycles. The number of nitrogens with zero attached hydrogens (tertiary/aromatic N) is 3. The zero-order chi connectivity index (χ0) is 22.4. The number of benzene rings is 1. The van der Waals surface area contributed by atoms with Gasteiger partial charge in [0.15, 0.2) is 0 Å². The third-order valence-electron chi connectivity index (χ3n) is 6.23. The monoisotopic (exact) mass is 467 g/mol. The second-order valence-corrected chi connectivity index (χ2v) is 9.08. The molecule has 2 atom stereocenters. The quantitative estimate of drug-likeness (QED) is 0.470. The number of carbonyl (C=O) groups is 2. The van der Waals surface area contributed by atoms with Crippen molar-refractivity contribution < 1.29 is 14.7 Å². The Hall–Kier alpha value is -1.60. The maximum Gasteiger partial charge on any atom is 0.247 e. The van der Waals surface area contributed by atoms with Gasteiger partial charge in [0.05, 0.1) is 16.7 Å². The number of unbranched alkanes of at least 4 members (excludes halogenated alkanes) is 1. The third kappa shape index (κ3) is 6.22. The highest BCUT2D eigenvalue weighted by atomic mass is 35.5. The summed E-state index contributed by atoms with van der Waals surface area (Å²) in [5, 5.41) is 10.3. The van der Waals surface area contributed by atoms with Gasteiger partial charge in [-0.1, -0.05) is 29.3 Å². The molecule has 170 valence electrons. The molecule has 1 aromatic rings. The molecule has 0 aromatic heterocycles. The minimum atomic E-state index is -0.475. The number of hydrogen-bond acceptors (Lipinski definition) is 4. The van der Waals surface area contributed by atoms with Gasteiger partial charge in [0.25, 0.3) is 0 Å². The van der Waals surface area contributed by atoms with E-state index in [0.717, 1.165) is 44.3 Å². The van der Waals surface area contributed by atoms with Crippen LogP contribution in [-0.2, 0) is 9.59 Å². The lowest BCUT2D eigenvalue weighted by Gasteiger charge is -2.38. The fourth-order valence-electron chi connectivity index (χ4n) is 4.35. The first kappa shape index (κ1) is 24.1. The molecule has 0 aliphatic carbocycles. The minimum absolute atomic E-state index is 0.00283. The summed E-state index contributed by atoms with van der Waals surface area (Å²) >= 11 is 11.9. The van der Waals surface area contributed by atoms with Gasteiger partial charge in [-0.2, -0.15) is 0 Å². The second-order valence-electron chi connectivity index (χ2n) is 8.26. The number of hydrogen-bond donors (Lipinski definition) is 1. The maximum absolute atomic E-state index is 12.8. The van der Waals surface area contributed by atoms with E-state index in [2.05, 4.69) is 4.90 Å². The number of rotatable bonds is 8. The molecular weight excluding hydrogens is 437 g/mol. The number of carbonyl (C=O) groups excluding carboxylic acids is 2. The van der Waals surface area contributed by atoms with Crippen LogP contribution in [0, 0.1) is 0 Å². The van der Waals surface area contributed by atoms with Crippen LogP contribution in [0.4, 0.5) is 0 Å². The van der Waals surface area contributed by atoms with E-state index in [4.69, 9.17) is 23.2 Å². The summed E-state index contributed by atoms with van der Waals surface area (Å²) in [6.45, 7) is 5.82. The Balaban J connectivity index is 1.45. The molecule has 2 amide bonds. The molecule has 0 radical (unpaired) electrons. The van der Waals surface area contributed by atoms with Crippen molar-refractivity contribution in [1.29, 1.82) is 0 Å². The Labute approximate surface area is 194 Å². The molecule has 0 spiro atoms. The fourth-order valence-corrected chi connectivity index (χ4v) is 4.65. The second kappa shape index (κ2) is 11.3. The number of aliphatic hydroxyl groups excluding tert-OH is 1. The SMILES string of the molecule is CC1C(=O)N(CCCCN2CCCC2CO)CCN1C(=O)C=Cc1ccc(Cl)c(Cl)c1. The molecule has 1 N–H and O–H groups in total. The Morgan fingerprint density at radius 3 is 2.68 bits per heavy atom. The third-order valence-corrected chi connectivity index (χ3v) is 6.96. The van der Waals surface area contributed by atoms with Crippen molar-refractivity contribution in [3.05, 3.63) is 39.9 Å². The highest BCUT2D eigenvalue weighted by Gasteiger charge is 2.33. The van der Waals surface area contributed by atoms with Gasteiger partial charge in [0.1, 0.15) is 6.04 Å². The van der Waals surface area contributed by atoms with E-state index in [1.54, 1.807) is 36.1 Å². The summed E-state index contributed by atoms with van der Waals surface area (Å²) < 4.78 is 0. The predicted molar refractivity (Wildman–Crippen MR) is 124 cm³/mol. The molecule has 2 heterocycles. The zero-order valence-electron chi connectivity index (χ0n) is 18.0. The van der Waals surface area contributed by atoms with Crippen LogP contribution < -0.4 is 0 Å². The van der Waals surface area contributed by atoms with Crippen LogP contribution in [0.1, 0.15) is 38.2 Å². The van der Waals surface area contributed by atoms with Crippen LogP contribution in [0.5, 0.6) is 0 Å². The minimum Gasteiger partial charge on any atom is -0.395 e. The first-order chi connectivity index (χ1) is 14.9. The molecule has 2 fully saturated rings. The van der Waals surface area contributed by atoms with Crippen molar-refractivity contribution in [3.63, 3.8) is 0 Å². The average molecular weight is 468 g/mol. The molecule has 2 aliphatic rings. The summed E-state index contributed by atoms with van der Waals surface area (Å²) in [5.41, 5.74) is 0.779. The van der Waals surface area contributed by atoms with Gasteiger partial charge in [-0.25, -0.2) is 0 Å². The van der Waals surface area contributed by atoms with E-state index >= 15 is 0 Å². The Kier molecular flexibility index (Phi) is 8.78. The van der Waals surface area contributed by atoms with Crippen molar-refractivity contribution in [2.24, 2.45) is 0 Å². The van der Waals surface area contributed by atoms with Crippen molar-refractivity contribution in [2.75, 3.05) is 39.3 Å². The maximum atomic E-state index is 12.8. The van der Waals surface area contributed by atoms with E-state index in [1.807, 2.05) is 4.90 Å². The summed E-state index contributed by atoms with van der Waals surface area (Å²) in [6, 6.07) is 5.00. The molecule has 8 heteroatoms. The molecule has 2 saturated heterocycles. The van der Waals surface area contributed by atoms with E-state index in [-0.39, 0.29) is 18.4 Å². The smallest absolute Gasteiger partial charge is 0.247 e. The molecular formula is C23H31Cl2N3O3. The van der Waals surface area contributed by atoms with Crippen LogP contribution in [-0.4, -0.2) is 83.0 Å². The van der Waals surface area contributed by atoms with Crippen molar-refractivity contribution in [1.82, 2.24) is 14.7 Å². The van der Waals surface area contributed by atoms with Crippen molar-refractivity contribution in [2.45, 2.75) is 44.7 Å². The molecule has 6 nitrogen and oxygen atoms in total. The molecule has 1 aromatic carbocycles. The highest BCUT2D eigenvalue weighted by molar-refractivity contribution is 6.42. The largest absolute Gasteiger partial charge is 0.395 e. The summed E-state index contributed by atoms with van der Waals surface area (Å²) in [5.74, 6) is -0.187. The Morgan fingerprint density at radius 2 is 1.94 bits per heavy atom. The topological polar surface area (TPSA) is 64.1 Å². The first-order valence-electron chi connectivity index (χ1n) is 11.0. The summed E-state index contributed by atoms with van der Waals surface area (Å²) in [4.78, 5) is 31.2. The molecule has 2 unspecified atom stereocenters. The lowest BCUT2D eigenvalue weighted by Crippen LogP contribution is -2.57. The van der Waals surface area contributed by atoms with Crippen LogP contribution in [0.3, 0.4) is 0 Å². The van der Waals surface area contributed by atoms with Gasteiger partial charge in [0.2, 0.25) is 11.8 Å². The standard InChI is InChI=1S/C23H31Cl2N3O3/c1-17-23(31)27(11-3-2-10-26-12-4-5-19(26)16-29)13-14-28(17)22(30)9-7-18-6-8-20(24)21(25)15-18/h6-9,15,17,19,29H,2-5,10-14,16H2,1H3. The van der Waals surface area contributed by atoms with E-state index < -0.39 is 6.04 Å². The molecule has 3 rings (SSSR count). The molecule has 0 bridgehead atoms. The van der Waals surface area contributed by atoms with Crippen LogP contribution in [0.25, 0.3) is 6.08 Å². The number of aliphatic hydroxyl groups is 1. The van der Waals surface area contributed by atoms with E-state index in [0.29, 0.717) is 35.7 Å². The van der Waals surface area contributed by atoms with Crippen molar-refractivity contribution >= 4 is 41.1 Å². The highest BCUT2D eigenvalue weighted by Crippen LogP contribution is 2.23. The van der Waals surface area contributed by atoms with Gasteiger partial charge in [-0.05, 0) is 69.5 Å². The van der Waals surface area contributed by atoms with Crippen molar-refractivity contribution in [3.8, 4) is 0 Å². The Morgan fingerprint density at radius 1 is 1.16 bits per heavy atom. The molecule has 2 aliphatic heterocycles. The van der Waals surface area contributed by atoms with Gasteiger partial charge in [-0.15, -0.1) is 0 Å². The van der Waals surface area contributed by atoms with E-state index in [9.17, 15) is 14.7 Å². The summed E-state index contributed by atoms with van der Waals surface area (Å²) in [7, 11) is 0. The van der Waals surface area contributed by atoms with Gasteiger partial charge >= 0.3 is 0 Å². The normalized spacial score (nSPS) is 22.6. The van der Waals surface area contributed by atoms with E-state index in [1.165, 1.54) is 6.08 Å². The average Bonchev–Trinajstić information content (AvgIpc) is 3.22. The number of amides is 2. The fraction of sp³-hybridized carbons (Fsp3) is 0.565. The van der Waals surface area contributed by atoms with Gasteiger partial charge in [0, 0.05) is 31.8 Å². The predicted octanol–water partition coefficient (Wildman–Crippen LogP) is 3.30. The lowest BCUT2D eigenvalue weighted by atomic mass is 10.1. The van der Waals surface area contributed by atoms with Gasteiger partial charge < -0.3 is 14.9 Å². The Bertz CT molecular complexity index is 817. The number of halogens is 2. The van der Waals surface area contributed by atoms with Crippen LogP contribution in [0.2, 0.25) is 10.0 Å². The van der Waals surface area contributed by atoms with Crippen LogP contribution >= 0.6 is 23.2 Å². The van der Waals surface area contributed by atoms with Crippen LogP contribution in [0.15, 0.2) is 24.3 Å². The number of likely N-dealkylation sites (tertiary alicyclic amines) is 1. The first-order valence-corrected chi connectivity index (χ1v) is 11.7. The van der Waals surface area contributed by atoms with Gasteiger partial charge in [-0.3, -0.25) is 14.5 Å². The number of piperazine rings is 1. The molecule has 31 heavy (non-hydrogen) atoms. The zero-order valence-corrected chi connectivity index (χ0v) is 19.5. The lowest BCUT2D eigenvalue weighted by molar-refractivity contribution is -0.148. The summed E-state index contributed by atoms with van der Waals surface area (Å²) in [6.07, 6.45) is 7.32.